The van der Waals surface area contributed by atoms with Crippen LogP contribution in [0.15, 0.2) is 71.6 Å². The molecule has 8 nitrogen and oxygen atoms in total. The zero-order valence-corrected chi connectivity index (χ0v) is 19.0. The molecule has 3 N–H and O–H groups in total. The van der Waals surface area contributed by atoms with Crippen LogP contribution >= 0.6 is 22.9 Å². The first-order chi connectivity index (χ1) is 15.4. The number of hydrazine groups is 1. The molecule has 164 valence electrons. The van der Waals surface area contributed by atoms with Gasteiger partial charge in [0.2, 0.25) is 5.13 Å². The molecular formula is C21H17ClN4O4S2. The van der Waals surface area contributed by atoms with Gasteiger partial charge in [-0.3, -0.25) is 20.4 Å². The first kappa shape index (κ1) is 21.9. The monoisotopic (exact) mass is 488 g/mol. The van der Waals surface area contributed by atoms with Crippen molar-refractivity contribution in [3.8, 4) is 5.75 Å². The van der Waals surface area contributed by atoms with Gasteiger partial charge in [0.15, 0.2) is 0 Å². The van der Waals surface area contributed by atoms with E-state index in [-0.39, 0.29) is 16.1 Å². The maximum Gasteiger partial charge on any atom is 0.269 e. The number of halogens is 1. The number of methoxy groups -OCH3 is 1. The molecule has 1 heterocycles. The summed E-state index contributed by atoms with van der Waals surface area (Å²) in [5, 5.41) is 0.941. The number of carbonyl (C=O) groups is 1. The molecule has 0 unspecified atom stereocenters. The Kier molecular flexibility index (Phi) is 6.17. The molecule has 1 amide bonds. The first-order valence-electron chi connectivity index (χ1n) is 9.25. The molecule has 1 aromatic heterocycles. The maximum absolute atomic E-state index is 12.6. The average Bonchev–Trinajstić information content (AvgIpc) is 3.23. The lowest BCUT2D eigenvalue weighted by atomic mass is 10.2. The molecule has 32 heavy (non-hydrogen) atoms. The Morgan fingerprint density at radius 1 is 1.06 bits per heavy atom. The number of thiazole rings is 1. The second-order valence-electron chi connectivity index (χ2n) is 6.52. The van der Waals surface area contributed by atoms with E-state index in [1.165, 1.54) is 36.6 Å². The Balaban J connectivity index is 1.48. The molecule has 3 aromatic carbocycles. The highest BCUT2D eigenvalue weighted by Crippen LogP contribution is 2.37. The van der Waals surface area contributed by atoms with Gasteiger partial charge in [-0.05, 0) is 42.5 Å². The number of aromatic nitrogens is 1. The van der Waals surface area contributed by atoms with Crippen molar-refractivity contribution in [1.82, 2.24) is 10.4 Å². The number of ether oxygens (including phenoxy) is 1. The second-order valence-corrected chi connectivity index (χ2v) is 9.61. The molecule has 0 aliphatic heterocycles. The number of rotatable bonds is 7. The Labute approximate surface area is 193 Å². The zero-order chi connectivity index (χ0) is 22.7. The molecule has 0 fully saturated rings. The summed E-state index contributed by atoms with van der Waals surface area (Å²) in [4.78, 5) is 17.1. The molecular weight excluding hydrogens is 472 g/mol. The number of anilines is 2. The van der Waals surface area contributed by atoms with Gasteiger partial charge in [0.05, 0.1) is 21.7 Å². The van der Waals surface area contributed by atoms with Crippen molar-refractivity contribution in [3.05, 3.63) is 77.3 Å². The van der Waals surface area contributed by atoms with E-state index in [0.29, 0.717) is 21.4 Å². The van der Waals surface area contributed by atoms with E-state index in [9.17, 15) is 13.2 Å². The molecule has 0 aliphatic carbocycles. The standard InChI is InChI=1S/C21H17ClN4O4S2/c1-30-17-11-10-16(22)19-18(17)23-21(31-19)25-24-20(27)13-6-5-7-14(12-13)26-32(28,29)15-8-3-2-4-9-15/h2-12,26H,1H3,(H,23,25)(H,24,27). The number of benzene rings is 3. The van der Waals surface area contributed by atoms with Crippen LogP contribution in [0.4, 0.5) is 10.8 Å². The van der Waals surface area contributed by atoms with Crippen LogP contribution in [0.1, 0.15) is 10.4 Å². The summed E-state index contributed by atoms with van der Waals surface area (Å²) in [6.45, 7) is 0. The van der Waals surface area contributed by atoms with E-state index < -0.39 is 15.9 Å². The molecule has 11 heteroatoms. The van der Waals surface area contributed by atoms with Gasteiger partial charge >= 0.3 is 0 Å². The summed E-state index contributed by atoms with van der Waals surface area (Å²) in [6, 6.07) is 17.6. The normalized spacial score (nSPS) is 11.2. The maximum atomic E-state index is 12.6. The van der Waals surface area contributed by atoms with Crippen molar-refractivity contribution < 1.29 is 17.9 Å². The van der Waals surface area contributed by atoms with E-state index in [4.69, 9.17) is 16.3 Å². The molecule has 0 aliphatic rings. The Morgan fingerprint density at radius 3 is 2.59 bits per heavy atom. The molecule has 4 rings (SSSR count). The van der Waals surface area contributed by atoms with Crippen molar-refractivity contribution in [3.63, 3.8) is 0 Å². The third-order valence-corrected chi connectivity index (χ3v) is 7.22. The second kappa shape index (κ2) is 9.03. The van der Waals surface area contributed by atoms with Crippen molar-refractivity contribution in [2.45, 2.75) is 4.90 Å². The zero-order valence-electron chi connectivity index (χ0n) is 16.6. The highest BCUT2D eigenvalue weighted by Gasteiger charge is 2.16. The minimum Gasteiger partial charge on any atom is -0.494 e. The molecule has 0 spiro atoms. The van der Waals surface area contributed by atoms with E-state index in [2.05, 4.69) is 20.6 Å². The van der Waals surface area contributed by atoms with Crippen LogP contribution in [0.5, 0.6) is 5.75 Å². The van der Waals surface area contributed by atoms with E-state index in [0.717, 1.165) is 4.70 Å². The van der Waals surface area contributed by atoms with Crippen LogP contribution < -0.4 is 20.3 Å². The number of nitrogens with zero attached hydrogens (tertiary/aromatic N) is 1. The predicted molar refractivity (Wildman–Crippen MR) is 126 cm³/mol. The third-order valence-electron chi connectivity index (χ3n) is 4.39. The molecule has 0 bridgehead atoms. The molecule has 0 saturated carbocycles. The fourth-order valence-electron chi connectivity index (χ4n) is 2.89. The van der Waals surface area contributed by atoms with E-state index in [1.807, 2.05) is 0 Å². The minimum absolute atomic E-state index is 0.126. The Bertz CT molecular complexity index is 1390. The highest BCUT2D eigenvalue weighted by molar-refractivity contribution is 7.92. The highest BCUT2D eigenvalue weighted by atomic mass is 35.5. The predicted octanol–water partition coefficient (Wildman–Crippen LogP) is 4.52. The van der Waals surface area contributed by atoms with Gasteiger partial charge in [0.25, 0.3) is 15.9 Å². The lowest BCUT2D eigenvalue weighted by Gasteiger charge is -2.10. The van der Waals surface area contributed by atoms with Gasteiger partial charge in [0.1, 0.15) is 11.3 Å². The summed E-state index contributed by atoms with van der Waals surface area (Å²) < 4.78 is 33.5. The number of nitrogens with one attached hydrogen (secondary N) is 3. The van der Waals surface area contributed by atoms with Crippen LogP contribution in [-0.2, 0) is 10.0 Å². The van der Waals surface area contributed by atoms with Crippen LogP contribution in [0.3, 0.4) is 0 Å². The summed E-state index contributed by atoms with van der Waals surface area (Å²) in [5.41, 5.74) is 6.41. The summed E-state index contributed by atoms with van der Waals surface area (Å²) in [5.74, 6) is 0.0986. The van der Waals surface area contributed by atoms with Crippen LogP contribution in [0.2, 0.25) is 5.02 Å². The molecule has 0 radical (unpaired) electrons. The Hall–Kier alpha value is -3.34. The van der Waals surface area contributed by atoms with Gasteiger partial charge in [-0.2, -0.15) is 0 Å². The van der Waals surface area contributed by atoms with E-state index in [1.54, 1.807) is 48.5 Å². The quantitative estimate of drug-likeness (QED) is 0.330. The Morgan fingerprint density at radius 2 is 1.84 bits per heavy atom. The van der Waals surface area contributed by atoms with Crippen molar-refractivity contribution in [2.75, 3.05) is 17.3 Å². The summed E-state index contributed by atoms with van der Waals surface area (Å²) in [6.07, 6.45) is 0. The molecule has 0 saturated heterocycles. The van der Waals surface area contributed by atoms with Gasteiger partial charge in [-0.25, -0.2) is 13.4 Å². The SMILES string of the molecule is COc1ccc(Cl)c2sc(NNC(=O)c3cccc(NS(=O)(=O)c4ccccc4)c3)nc12. The number of hydrogen-bond donors (Lipinski definition) is 3. The lowest BCUT2D eigenvalue weighted by Crippen LogP contribution is -2.29. The topological polar surface area (TPSA) is 109 Å². The smallest absolute Gasteiger partial charge is 0.269 e. The van der Waals surface area contributed by atoms with Crippen LogP contribution in [0.25, 0.3) is 10.2 Å². The fraction of sp³-hybridized carbons (Fsp3) is 0.0476. The molecule has 0 atom stereocenters. The van der Waals surface area contributed by atoms with Gasteiger partial charge in [-0.15, -0.1) is 0 Å². The average molecular weight is 489 g/mol. The largest absolute Gasteiger partial charge is 0.494 e. The van der Waals surface area contributed by atoms with Gasteiger partial charge < -0.3 is 4.74 Å². The van der Waals surface area contributed by atoms with Crippen molar-refractivity contribution >= 4 is 59.9 Å². The first-order valence-corrected chi connectivity index (χ1v) is 11.9. The van der Waals surface area contributed by atoms with Crippen LogP contribution in [0, 0.1) is 0 Å². The van der Waals surface area contributed by atoms with Crippen molar-refractivity contribution in [2.24, 2.45) is 0 Å². The molecule has 4 aromatic rings. The third kappa shape index (κ3) is 4.62. The number of hydrogen-bond acceptors (Lipinski definition) is 7. The number of sulfonamides is 1. The number of fused-ring (bicyclic) bond motifs is 1. The fourth-order valence-corrected chi connectivity index (χ4v) is 5.07. The van der Waals surface area contributed by atoms with Gasteiger partial charge in [-0.1, -0.05) is 47.2 Å². The number of carbonyl (C=O) groups excluding carboxylic acids is 1. The van der Waals surface area contributed by atoms with Crippen LogP contribution in [-0.4, -0.2) is 26.4 Å². The van der Waals surface area contributed by atoms with E-state index >= 15 is 0 Å². The summed E-state index contributed by atoms with van der Waals surface area (Å²) >= 11 is 7.47. The lowest BCUT2D eigenvalue weighted by molar-refractivity contribution is 0.0962. The summed E-state index contributed by atoms with van der Waals surface area (Å²) in [7, 11) is -2.23. The minimum atomic E-state index is -3.77. The number of amides is 1. The van der Waals surface area contributed by atoms with Gasteiger partial charge in [0, 0.05) is 11.3 Å². The van der Waals surface area contributed by atoms with Crippen molar-refractivity contribution in [1.29, 1.82) is 0 Å².